The number of rotatable bonds is 4. The standard InChI is InChI=1S/C13H12ClN3O2/c14-10-4-1-3-9(7-10)8-19-12-6-2-5-11(16-12)13(15)17-18/h1-7,18H,8H2,(H2,15,17). The molecule has 2 rings (SSSR count). The van der Waals surface area contributed by atoms with Gasteiger partial charge in [-0.1, -0.05) is 35.0 Å². The number of ether oxygens (including phenoxy) is 1. The van der Waals surface area contributed by atoms with Crippen LogP contribution in [0.4, 0.5) is 0 Å². The van der Waals surface area contributed by atoms with Crippen LogP contribution in [0.2, 0.25) is 5.02 Å². The number of pyridine rings is 1. The third-order valence-corrected chi connectivity index (χ3v) is 2.60. The van der Waals surface area contributed by atoms with Gasteiger partial charge in [0.15, 0.2) is 5.84 Å². The largest absolute Gasteiger partial charge is 0.473 e. The number of halogens is 1. The topological polar surface area (TPSA) is 80.7 Å². The second-order valence-corrected chi connectivity index (χ2v) is 4.20. The zero-order chi connectivity index (χ0) is 13.7. The van der Waals surface area contributed by atoms with Crippen molar-refractivity contribution in [1.29, 1.82) is 0 Å². The normalized spacial score (nSPS) is 11.3. The van der Waals surface area contributed by atoms with Gasteiger partial charge in [0, 0.05) is 11.1 Å². The van der Waals surface area contributed by atoms with Gasteiger partial charge in [-0.25, -0.2) is 4.98 Å². The van der Waals surface area contributed by atoms with E-state index in [9.17, 15) is 0 Å². The van der Waals surface area contributed by atoms with Gasteiger partial charge < -0.3 is 15.7 Å². The molecule has 98 valence electrons. The summed E-state index contributed by atoms with van der Waals surface area (Å²) >= 11 is 5.88. The van der Waals surface area contributed by atoms with E-state index in [1.807, 2.05) is 18.2 Å². The third-order valence-electron chi connectivity index (χ3n) is 2.37. The molecule has 0 atom stereocenters. The molecule has 0 fully saturated rings. The van der Waals surface area contributed by atoms with Crippen molar-refractivity contribution in [3.63, 3.8) is 0 Å². The van der Waals surface area contributed by atoms with Crippen molar-refractivity contribution in [3.8, 4) is 5.88 Å². The first-order valence-electron chi connectivity index (χ1n) is 5.51. The zero-order valence-corrected chi connectivity index (χ0v) is 10.7. The molecule has 0 unspecified atom stereocenters. The Hall–Kier alpha value is -2.27. The molecule has 1 aromatic heterocycles. The van der Waals surface area contributed by atoms with Gasteiger partial charge in [-0.2, -0.15) is 0 Å². The van der Waals surface area contributed by atoms with Crippen LogP contribution in [0.1, 0.15) is 11.3 Å². The van der Waals surface area contributed by atoms with E-state index in [4.69, 9.17) is 27.3 Å². The molecule has 1 aromatic carbocycles. The summed E-state index contributed by atoms with van der Waals surface area (Å²) in [6, 6.07) is 12.4. The van der Waals surface area contributed by atoms with Gasteiger partial charge in [0.05, 0.1) is 0 Å². The molecule has 1 heterocycles. The predicted octanol–water partition coefficient (Wildman–Crippen LogP) is 2.41. The highest BCUT2D eigenvalue weighted by Gasteiger charge is 2.03. The van der Waals surface area contributed by atoms with Crippen molar-refractivity contribution in [3.05, 3.63) is 58.7 Å². The molecule has 6 heteroatoms. The number of nitrogens with two attached hydrogens (primary N) is 1. The lowest BCUT2D eigenvalue weighted by Gasteiger charge is -2.06. The third kappa shape index (κ3) is 3.59. The molecule has 0 radical (unpaired) electrons. The predicted molar refractivity (Wildman–Crippen MR) is 72.5 cm³/mol. The van der Waals surface area contributed by atoms with E-state index in [1.54, 1.807) is 24.3 Å². The lowest BCUT2D eigenvalue weighted by molar-refractivity contribution is 0.293. The summed E-state index contributed by atoms with van der Waals surface area (Å²) < 4.78 is 5.52. The SMILES string of the molecule is NC(=NO)c1cccc(OCc2cccc(Cl)c2)n1. The minimum atomic E-state index is -0.0618. The van der Waals surface area contributed by atoms with Crippen molar-refractivity contribution in [1.82, 2.24) is 4.98 Å². The number of benzene rings is 1. The Bertz CT molecular complexity index is 602. The van der Waals surface area contributed by atoms with Crippen molar-refractivity contribution in [2.24, 2.45) is 10.9 Å². The van der Waals surface area contributed by atoms with E-state index < -0.39 is 0 Å². The highest BCUT2D eigenvalue weighted by atomic mass is 35.5. The highest BCUT2D eigenvalue weighted by molar-refractivity contribution is 6.30. The first kappa shape index (κ1) is 13.2. The Kier molecular flexibility index (Phi) is 4.20. The zero-order valence-electron chi connectivity index (χ0n) is 9.95. The summed E-state index contributed by atoms with van der Waals surface area (Å²) in [4.78, 5) is 4.11. The molecule has 5 nitrogen and oxygen atoms in total. The van der Waals surface area contributed by atoms with Crippen LogP contribution in [-0.2, 0) is 6.61 Å². The average molecular weight is 278 g/mol. The van der Waals surface area contributed by atoms with Crippen LogP contribution in [0.25, 0.3) is 0 Å². The lowest BCUT2D eigenvalue weighted by Crippen LogP contribution is -2.15. The number of nitrogens with zero attached hydrogens (tertiary/aromatic N) is 2. The number of amidine groups is 1. The van der Waals surface area contributed by atoms with Gasteiger partial charge in [0.1, 0.15) is 12.3 Å². The number of hydrogen-bond donors (Lipinski definition) is 2. The second kappa shape index (κ2) is 6.06. The molecule has 0 saturated carbocycles. The Balaban J connectivity index is 2.08. The van der Waals surface area contributed by atoms with E-state index in [2.05, 4.69) is 10.1 Å². The monoisotopic (exact) mass is 277 g/mol. The van der Waals surface area contributed by atoms with Crippen LogP contribution in [0, 0.1) is 0 Å². The Morgan fingerprint density at radius 1 is 1.32 bits per heavy atom. The maximum atomic E-state index is 8.59. The molecule has 0 bridgehead atoms. The van der Waals surface area contributed by atoms with Crippen LogP contribution in [0.15, 0.2) is 47.6 Å². The van der Waals surface area contributed by atoms with Crippen LogP contribution >= 0.6 is 11.6 Å². The fraction of sp³-hybridized carbons (Fsp3) is 0.0769. The van der Waals surface area contributed by atoms with Crippen LogP contribution < -0.4 is 10.5 Å². The Morgan fingerprint density at radius 3 is 2.84 bits per heavy atom. The van der Waals surface area contributed by atoms with E-state index in [1.165, 1.54) is 0 Å². The van der Waals surface area contributed by atoms with Crippen molar-refractivity contribution in [2.75, 3.05) is 0 Å². The van der Waals surface area contributed by atoms with Crippen molar-refractivity contribution >= 4 is 17.4 Å². The molecule has 19 heavy (non-hydrogen) atoms. The molecule has 0 aliphatic rings. The maximum absolute atomic E-state index is 8.59. The smallest absolute Gasteiger partial charge is 0.214 e. The first-order valence-corrected chi connectivity index (χ1v) is 5.89. The molecule has 0 saturated heterocycles. The molecule has 0 amide bonds. The highest BCUT2D eigenvalue weighted by Crippen LogP contribution is 2.14. The average Bonchev–Trinajstić information content (AvgIpc) is 2.45. The van der Waals surface area contributed by atoms with Crippen molar-refractivity contribution < 1.29 is 9.94 Å². The molecule has 0 aliphatic carbocycles. The number of oxime groups is 1. The Morgan fingerprint density at radius 2 is 2.11 bits per heavy atom. The van der Waals surface area contributed by atoms with Gasteiger partial charge in [-0.3, -0.25) is 0 Å². The lowest BCUT2D eigenvalue weighted by atomic mass is 10.2. The summed E-state index contributed by atoms with van der Waals surface area (Å²) in [6.07, 6.45) is 0. The van der Waals surface area contributed by atoms with Crippen LogP contribution in [0.5, 0.6) is 5.88 Å². The molecular weight excluding hydrogens is 266 g/mol. The minimum absolute atomic E-state index is 0.0618. The first-order chi connectivity index (χ1) is 9.19. The van der Waals surface area contributed by atoms with Crippen LogP contribution in [0.3, 0.4) is 0 Å². The summed E-state index contributed by atoms with van der Waals surface area (Å²) in [5.74, 6) is 0.331. The van der Waals surface area contributed by atoms with E-state index in [-0.39, 0.29) is 5.84 Å². The molecule has 0 aliphatic heterocycles. The summed E-state index contributed by atoms with van der Waals surface area (Å²) in [5.41, 5.74) is 6.74. The molecule has 3 N–H and O–H groups in total. The summed E-state index contributed by atoms with van der Waals surface area (Å²) in [7, 11) is 0. The van der Waals surface area contributed by atoms with E-state index >= 15 is 0 Å². The second-order valence-electron chi connectivity index (χ2n) is 3.76. The van der Waals surface area contributed by atoms with Gasteiger partial charge >= 0.3 is 0 Å². The van der Waals surface area contributed by atoms with Crippen molar-refractivity contribution in [2.45, 2.75) is 6.61 Å². The number of hydrogen-bond acceptors (Lipinski definition) is 4. The fourth-order valence-electron chi connectivity index (χ4n) is 1.47. The fourth-order valence-corrected chi connectivity index (χ4v) is 1.69. The van der Waals surface area contributed by atoms with Gasteiger partial charge in [0.2, 0.25) is 5.88 Å². The Labute approximate surface area is 115 Å². The molecule has 2 aromatic rings. The van der Waals surface area contributed by atoms with Gasteiger partial charge in [-0.15, -0.1) is 0 Å². The van der Waals surface area contributed by atoms with E-state index in [0.717, 1.165) is 5.56 Å². The molecule has 0 spiro atoms. The minimum Gasteiger partial charge on any atom is -0.473 e. The summed E-state index contributed by atoms with van der Waals surface area (Å²) in [5, 5.41) is 12.1. The van der Waals surface area contributed by atoms with Gasteiger partial charge in [0.25, 0.3) is 0 Å². The maximum Gasteiger partial charge on any atom is 0.214 e. The molecular formula is C13H12ClN3O2. The van der Waals surface area contributed by atoms with Crippen LogP contribution in [-0.4, -0.2) is 16.0 Å². The van der Waals surface area contributed by atoms with E-state index in [0.29, 0.717) is 23.2 Å². The quantitative estimate of drug-likeness (QED) is 0.389. The number of aromatic nitrogens is 1. The summed E-state index contributed by atoms with van der Waals surface area (Å²) in [6.45, 7) is 0.340. The van der Waals surface area contributed by atoms with Gasteiger partial charge in [-0.05, 0) is 23.8 Å².